The molecule has 0 fully saturated rings. The fourth-order valence-corrected chi connectivity index (χ4v) is 1.27. The molecule has 15 heavy (non-hydrogen) atoms. The van der Waals surface area contributed by atoms with Crippen LogP contribution in [-0.4, -0.2) is 24.0 Å². The molecule has 1 aromatic rings. The molecule has 0 aliphatic heterocycles. The van der Waals surface area contributed by atoms with Gasteiger partial charge in [0.25, 0.3) is 0 Å². The van der Waals surface area contributed by atoms with Crippen molar-refractivity contribution in [3.05, 3.63) is 29.6 Å². The van der Waals surface area contributed by atoms with E-state index in [9.17, 15) is 4.79 Å². The summed E-state index contributed by atoms with van der Waals surface area (Å²) in [4.78, 5) is 15.2. The van der Waals surface area contributed by atoms with Crippen LogP contribution in [-0.2, 0) is 11.3 Å². The van der Waals surface area contributed by atoms with Gasteiger partial charge in [0, 0.05) is 26.0 Å². The molecular formula is C11H17N3O. The minimum Gasteiger partial charge on any atom is -0.358 e. The van der Waals surface area contributed by atoms with Gasteiger partial charge in [-0.25, -0.2) is 0 Å². The van der Waals surface area contributed by atoms with Gasteiger partial charge in [-0.3, -0.25) is 9.78 Å². The highest BCUT2D eigenvalue weighted by Crippen LogP contribution is 2.04. The van der Waals surface area contributed by atoms with Crippen LogP contribution < -0.4 is 10.6 Å². The van der Waals surface area contributed by atoms with Gasteiger partial charge in [0.2, 0.25) is 5.91 Å². The van der Waals surface area contributed by atoms with Gasteiger partial charge in [0.05, 0.1) is 6.04 Å². The van der Waals surface area contributed by atoms with E-state index in [-0.39, 0.29) is 11.9 Å². The summed E-state index contributed by atoms with van der Waals surface area (Å²) in [5.41, 5.74) is 2.30. The first-order chi connectivity index (χ1) is 7.15. The largest absolute Gasteiger partial charge is 0.358 e. The van der Waals surface area contributed by atoms with Gasteiger partial charge in [-0.1, -0.05) is 0 Å². The maximum Gasteiger partial charge on any atom is 0.236 e. The average molecular weight is 207 g/mol. The molecule has 0 saturated carbocycles. The molecule has 2 N–H and O–H groups in total. The summed E-state index contributed by atoms with van der Waals surface area (Å²) in [6, 6.07) is 1.78. The Bertz CT molecular complexity index is 338. The van der Waals surface area contributed by atoms with Crippen molar-refractivity contribution in [3.8, 4) is 0 Å². The van der Waals surface area contributed by atoms with E-state index in [0.29, 0.717) is 6.54 Å². The van der Waals surface area contributed by atoms with Crippen LogP contribution in [0.25, 0.3) is 0 Å². The third-order valence-electron chi connectivity index (χ3n) is 2.37. The highest BCUT2D eigenvalue weighted by atomic mass is 16.2. The molecule has 4 nitrogen and oxygen atoms in total. The van der Waals surface area contributed by atoms with Crippen molar-refractivity contribution < 1.29 is 4.79 Å². The summed E-state index contributed by atoms with van der Waals surface area (Å²) in [5, 5.41) is 5.75. The summed E-state index contributed by atoms with van der Waals surface area (Å²) < 4.78 is 0. The molecule has 0 saturated heterocycles. The van der Waals surface area contributed by atoms with Crippen LogP contribution in [0.4, 0.5) is 0 Å². The standard InChI is InChI=1S/C11H17N3O/c1-8-6-13-5-4-10(8)7-14-9(2)11(15)12-3/h4-6,9,14H,7H2,1-3H3,(H,12,15). The number of pyridine rings is 1. The predicted molar refractivity (Wildman–Crippen MR) is 59.3 cm³/mol. The quantitative estimate of drug-likeness (QED) is 0.760. The molecule has 1 rings (SSSR count). The number of hydrogen-bond donors (Lipinski definition) is 2. The zero-order valence-corrected chi connectivity index (χ0v) is 9.37. The summed E-state index contributed by atoms with van der Waals surface area (Å²) in [6.45, 7) is 4.53. The van der Waals surface area contributed by atoms with E-state index < -0.39 is 0 Å². The van der Waals surface area contributed by atoms with Crippen molar-refractivity contribution in [1.82, 2.24) is 15.6 Å². The molecule has 1 atom stereocenters. The van der Waals surface area contributed by atoms with E-state index >= 15 is 0 Å². The highest BCUT2D eigenvalue weighted by molar-refractivity contribution is 5.80. The van der Waals surface area contributed by atoms with Gasteiger partial charge in [-0.05, 0) is 31.0 Å². The van der Waals surface area contributed by atoms with Crippen molar-refractivity contribution in [2.45, 2.75) is 26.4 Å². The molecule has 82 valence electrons. The first kappa shape index (κ1) is 11.7. The smallest absolute Gasteiger partial charge is 0.236 e. The van der Waals surface area contributed by atoms with Crippen molar-refractivity contribution >= 4 is 5.91 Å². The number of amides is 1. The van der Waals surface area contributed by atoms with Crippen LogP contribution in [0.3, 0.4) is 0 Å². The third-order valence-corrected chi connectivity index (χ3v) is 2.37. The zero-order chi connectivity index (χ0) is 11.3. The van der Waals surface area contributed by atoms with E-state index in [1.807, 2.05) is 26.1 Å². The number of nitrogens with zero attached hydrogens (tertiary/aromatic N) is 1. The van der Waals surface area contributed by atoms with Crippen LogP contribution in [0.5, 0.6) is 0 Å². The number of rotatable bonds is 4. The first-order valence-corrected chi connectivity index (χ1v) is 4.99. The second-order valence-corrected chi connectivity index (χ2v) is 3.52. The molecule has 0 aromatic carbocycles. The summed E-state index contributed by atoms with van der Waals surface area (Å²) in [6.07, 6.45) is 3.58. The number of hydrogen-bond acceptors (Lipinski definition) is 3. The molecule has 1 heterocycles. The van der Waals surface area contributed by atoms with Gasteiger partial charge in [-0.15, -0.1) is 0 Å². The summed E-state index contributed by atoms with van der Waals surface area (Å²) in [5.74, 6) is 0.00158. The fraction of sp³-hybridized carbons (Fsp3) is 0.455. The number of aromatic nitrogens is 1. The minimum atomic E-state index is -0.178. The maximum atomic E-state index is 11.2. The van der Waals surface area contributed by atoms with Crippen molar-refractivity contribution in [1.29, 1.82) is 0 Å². The normalized spacial score (nSPS) is 12.2. The molecule has 0 radical (unpaired) electrons. The Labute approximate surface area is 90.1 Å². The third kappa shape index (κ3) is 3.32. The summed E-state index contributed by atoms with van der Waals surface area (Å²) in [7, 11) is 1.64. The molecular weight excluding hydrogens is 190 g/mol. The van der Waals surface area contributed by atoms with Gasteiger partial charge in [0.15, 0.2) is 0 Å². The Morgan fingerprint density at radius 1 is 1.60 bits per heavy atom. The topological polar surface area (TPSA) is 54.0 Å². The van der Waals surface area contributed by atoms with E-state index in [2.05, 4.69) is 15.6 Å². The lowest BCUT2D eigenvalue weighted by atomic mass is 10.1. The van der Waals surface area contributed by atoms with Crippen molar-refractivity contribution in [3.63, 3.8) is 0 Å². The van der Waals surface area contributed by atoms with Gasteiger partial charge >= 0.3 is 0 Å². The number of carbonyl (C=O) groups excluding carboxylic acids is 1. The Balaban J connectivity index is 2.50. The van der Waals surface area contributed by atoms with Gasteiger partial charge < -0.3 is 10.6 Å². The SMILES string of the molecule is CNC(=O)C(C)NCc1ccncc1C. The molecule has 1 amide bonds. The first-order valence-electron chi connectivity index (χ1n) is 4.99. The number of nitrogens with one attached hydrogen (secondary N) is 2. The molecule has 0 aliphatic rings. The van der Waals surface area contributed by atoms with Crippen LogP contribution in [0.15, 0.2) is 18.5 Å². The Morgan fingerprint density at radius 3 is 2.93 bits per heavy atom. The summed E-state index contributed by atoms with van der Waals surface area (Å²) >= 11 is 0. The highest BCUT2D eigenvalue weighted by Gasteiger charge is 2.09. The van der Waals surface area contributed by atoms with E-state index in [4.69, 9.17) is 0 Å². The van der Waals surface area contributed by atoms with Crippen LogP contribution in [0.2, 0.25) is 0 Å². The lowest BCUT2D eigenvalue weighted by molar-refractivity contribution is -0.122. The Hall–Kier alpha value is -1.42. The number of carbonyl (C=O) groups is 1. The molecule has 1 aromatic heterocycles. The number of likely N-dealkylation sites (N-methyl/N-ethyl adjacent to an activating group) is 1. The maximum absolute atomic E-state index is 11.2. The van der Waals surface area contributed by atoms with E-state index in [1.165, 1.54) is 5.56 Å². The Morgan fingerprint density at radius 2 is 2.33 bits per heavy atom. The molecule has 0 bridgehead atoms. The monoisotopic (exact) mass is 207 g/mol. The zero-order valence-electron chi connectivity index (χ0n) is 9.37. The van der Waals surface area contributed by atoms with Crippen LogP contribution in [0, 0.1) is 6.92 Å². The second kappa shape index (κ2) is 5.46. The van der Waals surface area contributed by atoms with Gasteiger partial charge in [0.1, 0.15) is 0 Å². The van der Waals surface area contributed by atoms with Crippen molar-refractivity contribution in [2.75, 3.05) is 7.05 Å². The lowest BCUT2D eigenvalue weighted by Gasteiger charge is -2.13. The lowest BCUT2D eigenvalue weighted by Crippen LogP contribution is -2.40. The van der Waals surface area contributed by atoms with Crippen LogP contribution >= 0.6 is 0 Å². The molecule has 0 aliphatic carbocycles. The van der Waals surface area contributed by atoms with E-state index in [0.717, 1.165) is 5.56 Å². The van der Waals surface area contributed by atoms with Gasteiger partial charge in [-0.2, -0.15) is 0 Å². The number of aryl methyl sites for hydroxylation is 1. The van der Waals surface area contributed by atoms with Crippen LogP contribution in [0.1, 0.15) is 18.1 Å². The molecule has 1 unspecified atom stereocenters. The van der Waals surface area contributed by atoms with Crippen molar-refractivity contribution in [2.24, 2.45) is 0 Å². The second-order valence-electron chi connectivity index (χ2n) is 3.52. The molecule has 0 spiro atoms. The average Bonchev–Trinajstić information content (AvgIpc) is 2.26. The molecule has 4 heteroatoms. The minimum absolute atomic E-state index is 0.00158. The Kier molecular flexibility index (Phi) is 4.24. The van der Waals surface area contributed by atoms with E-state index in [1.54, 1.807) is 13.2 Å². The fourth-order valence-electron chi connectivity index (χ4n) is 1.27. The predicted octanol–water partition coefficient (Wildman–Crippen LogP) is 0.614.